The summed E-state index contributed by atoms with van der Waals surface area (Å²) in [7, 11) is 1.51. The van der Waals surface area contributed by atoms with Crippen LogP contribution in [0.15, 0.2) is 29.7 Å². The Bertz CT molecular complexity index is 514. The van der Waals surface area contributed by atoms with Gasteiger partial charge < -0.3 is 25.7 Å². The number of carbonyl (C=O) groups is 1. The summed E-state index contributed by atoms with van der Waals surface area (Å²) >= 11 is 3.24. The van der Waals surface area contributed by atoms with Gasteiger partial charge in [0.15, 0.2) is 5.75 Å². The van der Waals surface area contributed by atoms with Gasteiger partial charge in [-0.15, -0.1) is 6.58 Å². The monoisotopic (exact) mass is 423 g/mol. The Morgan fingerprint density at radius 3 is 2.95 bits per heavy atom. The summed E-state index contributed by atoms with van der Waals surface area (Å²) in [6.45, 7) is 3.80. The van der Waals surface area contributed by atoms with Gasteiger partial charge in [-0.05, 0) is 17.7 Å². The molecule has 0 bridgehead atoms. The smallest absolute Gasteiger partial charge is 0.319 e. The number of benzene rings is 1. The Morgan fingerprint density at radius 1 is 1.67 bits per heavy atom. The molecule has 116 valence electrons. The molecule has 2 amide bonds. The van der Waals surface area contributed by atoms with E-state index in [-0.39, 0.29) is 18.3 Å². The van der Waals surface area contributed by atoms with E-state index in [1.807, 2.05) is 6.07 Å². The summed E-state index contributed by atoms with van der Waals surface area (Å²) in [4.78, 5) is 12.3. The Kier molecular flexibility index (Phi) is 7.86. The number of nitrogens with two attached hydrogens (primary N) is 1. The summed E-state index contributed by atoms with van der Waals surface area (Å²) in [5.74, 6) is -0.0291. The molecule has 0 aliphatic carbocycles. The van der Waals surface area contributed by atoms with Crippen molar-refractivity contribution in [1.29, 1.82) is 0 Å². The topological polar surface area (TPSA) is 96.6 Å². The highest BCUT2D eigenvalue weighted by molar-refractivity contribution is 14.1. The van der Waals surface area contributed by atoms with Gasteiger partial charge >= 0.3 is 6.03 Å². The predicted molar refractivity (Wildman–Crippen MR) is 93.9 cm³/mol. The van der Waals surface area contributed by atoms with Crippen LogP contribution in [0.4, 0.5) is 10.5 Å². The fourth-order valence-electron chi connectivity index (χ4n) is 1.45. The molecule has 0 spiro atoms. The predicted octanol–water partition coefficient (Wildman–Crippen LogP) is 2.62. The van der Waals surface area contributed by atoms with E-state index in [4.69, 9.17) is 9.92 Å². The van der Waals surface area contributed by atoms with E-state index in [0.29, 0.717) is 10.6 Å². The summed E-state index contributed by atoms with van der Waals surface area (Å²) in [5.41, 5.74) is 6.91. The van der Waals surface area contributed by atoms with Gasteiger partial charge in [-0.2, -0.15) is 0 Å². The van der Waals surface area contributed by atoms with E-state index in [1.165, 1.54) is 7.11 Å². The first kappa shape index (κ1) is 18.1. The van der Waals surface area contributed by atoms with Crippen LogP contribution in [0.1, 0.15) is 5.56 Å². The third-order valence-corrected chi connectivity index (χ3v) is 4.05. The van der Waals surface area contributed by atoms with Crippen LogP contribution in [0.2, 0.25) is 0 Å². The van der Waals surface area contributed by atoms with Crippen LogP contribution in [-0.2, 0) is 8.61 Å². The number of halogens is 1. The minimum absolute atomic E-state index is 0.0291. The second-order valence-electron chi connectivity index (χ2n) is 4.11. The van der Waals surface area contributed by atoms with Crippen LogP contribution in [0.25, 0.3) is 0 Å². The molecule has 0 unspecified atom stereocenters. The third kappa shape index (κ3) is 5.73. The Balaban J connectivity index is 2.83. The lowest BCUT2D eigenvalue weighted by Gasteiger charge is -2.14. The van der Waals surface area contributed by atoms with E-state index in [0.717, 1.165) is 22.0 Å². The number of aromatic hydroxyl groups is 1. The SMILES string of the molecule is C=C[C@@H](N)CNC(=O)Nc1cc(CI)cc(SOC)c1O. The Morgan fingerprint density at radius 2 is 2.38 bits per heavy atom. The molecule has 1 rings (SSSR count). The van der Waals surface area contributed by atoms with Crippen LogP contribution in [0.5, 0.6) is 5.75 Å². The van der Waals surface area contributed by atoms with Crippen molar-refractivity contribution in [3.8, 4) is 5.75 Å². The molecule has 0 aromatic heterocycles. The lowest BCUT2D eigenvalue weighted by molar-refractivity contribution is 0.251. The first-order valence-electron chi connectivity index (χ1n) is 6.07. The number of phenolic OH excluding ortho intramolecular Hbond substituents is 1. The second kappa shape index (κ2) is 9.13. The average Bonchev–Trinajstić information content (AvgIpc) is 2.48. The minimum Gasteiger partial charge on any atom is -0.505 e. The molecular weight excluding hydrogens is 405 g/mol. The van der Waals surface area contributed by atoms with Gasteiger partial charge in [0.05, 0.1) is 17.7 Å². The molecule has 21 heavy (non-hydrogen) atoms. The van der Waals surface area contributed by atoms with Crippen LogP contribution in [0.3, 0.4) is 0 Å². The van der Waals surface area contributed by atoms with Crippen LogP contribution >= 0.6 is 34.6 Å². The first-order chi connectivity index (χ1) is 10.0. The molecule has 1 atom stereocenters. The fourth-order valence-corrected chi connectivity index (χ4v) is 2.46. The van der Waals surface area contributed by atoms with Crippen molar-refractivity contribution in [3.63, 3.8) is 0 Å². The molecule has 0 aliphatic rings. The van der Waals surface area contributed by atoms with Gasteiger partial charge in [-0.3, -0.25) is 0 Å². The highest BCUT2D eigenvalue weighted by Crippen LogP contribution is 2.37. The number of urea groups is 1. The molecular formula is C13H18IN3O3S. The summed E-state index contributed by atoms with van der Waals surface area (Å²) < 4.78 is 5.70. The summed E-state index contributed by atoms with van der Waals surface area (Å²) in [6, 6.07) is 2.77. The maximum absolute atomic E-state index is 11.8. The molecule has 8 heteroatoms. The molecule has 0 radical (unpaired) electrons. The van der Waals surface area contributed by atoms with Crippen LogP contribution in [0, 0.1) is 0 Å². The van der Waals surface area contributed by atoms with Crippen molar-refractivity contribution >= 4 is 46.4 Å². The zero-order chi connectivity index (χ0) is 15.8. The number of nitrogens with one attached hydrogen (secondary N) is 2. The normalized spacial score (nSPS) is 11.8. The molecule has 1 aromatic rings. The maximum Gasteiger partial charge on any atom is 0.319 e. The van der Waals surface area contributed by atoms with E-state index >= 15 is 0 Å². The lowest BCUT2D eigenvalue weighted by atomic mass is 10.2. The van der Waals surface area contributed by atoms with Crippen molar-refractivity contribution in [1.82, 2.24) is 5.32 Å². The number of hydrogen-bond donors (Lipinski definition) is 4. The van der Waals surface area contributed by atoms with E-state index < -0.39 is 6.03 Å². The third-order valence-electron chi connectivity index (χ3n) is 2.51. The molecule has 5 N–H and O–H groups in total. The Hall–Kier alpha value is -0.970. The molecule has 1 aromatic carbocycles. The van der Waals surface area contributed by atoms with Gasteiger partial charge in [-0.25, -0.2) is 4.79 Å². The van der Waals surface area contributed by atoms with Gasteiger partial charge in [0, 0.05) is 29.1 Å². The molecule has 0 fully saturated rings. The number of hydrogen-bond acceptors (Lipinski definition) is 5. The number of phenols is 1. The molecule has 0 heterocycles. The summed E-state index contributed by atoms with van der Waals surface area (Å²) in [6.07, 6.45) is 1.54. The van der Waals surface area contributed by atoms with Gasteiger partial charge in [0.2, 0.25) is 0 Å². The van der Waals surface area contributed by atoms with Crippen molar-refractivity contribution in [2.45, 2.75) is 15.4 Å². The first-order valence-corrected chi connectivity index (χ1v) is 8.34. The van der Waals surface area contributed by atoms with Gasteiger partial charge in [-0.1, -0.05) is 28.7 Å². The molecule has 0 saturated heterocycles. The molecule has 0 aliphatic heterocycles. The quantitative estimate of drug-likeness (QED) is 0.178. The van der Waals surface area contributed by atoms with Crippen molar-refractivity contribution in [3.05, 3.63) is 30.4 Å². The average molecular weight is 423 g/mol. The molecule has 0 saturated carbocycles. The summed E-state index contributed by atoms with van der Waals surface area (Å²) in [5, 5.41) is 15.3. The number of rotatable bonds is 7. The van der Waals surface area contributed by atoms with Crippen LogP contribution in [-0.4, -0.2) is 30.8 Å². The maximum atomic E-state index is 11.8. The highest BCUT2D eigenvalue weighted by Gasteiger charge is 2.13. The van der Waals surface area contributed by atoms with E-state index in [1.54, 1.807) is 12.1 Å². The van der Waals surface area contributed by atoms with Crippen LogP contribution < -0.4 is 16.4 Å². The second-order valence-corrected chi connectivity index (χ2v) is 5.81. The number of amides is 2. The Labute approximate surface area is 141 Å². The zero-order valence-corrected chi connectivity index (χ0v) is 14.5. The number of anilines is 1. The van der Waals surface area contributed by atoms with E-state index in [9.17, 15) is 9.90 Å². The molecule has 6 nitrogen and oxygen atoms in total. The highest BCUT2D eigenvalue weighted by atomic mass is 127. The van der Waals surface area contributed by atoms with E-state index in [2.05, 4.69) is 39.8 Å². The number of carbonyl (C=O) groups excluding carboxylic acids is 1. The van der Waals surface area contributed by atoms with Gasteiger partial charge in [0.1, 0.15) is 0 Å². The number of alkyl halides is 1. The van der Waals surface area contributed by atoms with Crippen molar-refractivity contribution < 1.29 is 14.1 Å². The van der Waals surface area contributed by atoms with Gasteiger partial charge in [0.25, 0.3) is 0 Å². The lowest BCUT2D eigenvalue weighted by Crippen LogP contribution is -2.38. The fraction of sp³-hybridized carbons (Fsp3) is 0.308. The largest absolute Gasteiger partial charge is 0.505 e. The van der Waals surface area contributed by atoms with Crippen molar-refractivity contribution in [2.75, 3.05) is 19.0 Å². The minimum atomic E-state index is -0.443. The standard InChI is InChI=1S/C13H18IN3O3S/c1-3-9(15)7-16-13(19)17-10-4-8(6-14)5-11(12(10)18)21-20-2/h3-5,9,18H,1,6-7,15H2,2H3,(H2,16,17,19)/t9-/m1/s1. The van der Waals surface area contributed by atoms with Crippen molar-refractivity contribution in [2.24, 2.45) is 5.73 Å². The zero-order valence-electron chi connectivity index (χ0n) is 11.6.